The molecule has 3 aromatic rings. The molecule has 1 N–H and O–H groups in total. The minimum absolute atomic E-state index is 0.0609. The van der Waals surface area contributed by atoms with Crippen molar-refractivity contribution in [1.29, 1.82) is 0 Å². The average molecular weight is 377 g/mol. The van der Waals surface area contributed by atoms with Crippen molar-refractivity contribution in [3.63, 3.8) is 0 Å². The molecule has 28 heavy (non-hydrogen) atoms. The van der Waals surface area contributed by atoms with Gasteiger partial charge in [-0.05, 0) is 55.1 Å². The summed E-state index contributed by atoms with van der Waals surface area (Å²) in [6.07, 6.45) is 5.67. The Morgan fingerprint density at radius 3 is 2.93 bits per heavy atom. The van der Waals surface area contributed by atoms with Crippen LogP contribution in [0.3, 0.4) is 0 Å². The van der Waals surface area contributed by atoms with Crippen molar-refractivity contribution in [2.75, 3.05) is 20.1 Å². The van der Waals surface area contributed by atoms with Crippen LogP contribution in [0.1, 0.15) is 40.6 Å². The number of nitrogens with zero attached hydrogens (tertiary/aromatic N) is 4. The molecule has 1 atom stereocenters. The van der Waals surface area contributed by atoms with E-state index in [-0.39, 0.29) is 12.5 Å². The van der Waals surface area contributed by atoms with Gasteiger partial charge in [-0.3, -0.25) is 9.78 Å². The third-order valence-electron chi connectivity index (χ3n) is 5.03. The van der Waals surface area contributed by atoms with Gasteiger partial charge in [0, 0.05) is 37.1 Å². The highest BCUT2D eigenvalue weighted by Gasteiger charge is 2.19. The maximum absolute atomic E-state index is 12.9. The number of hydrogen-bond donors (Lipinski definition) is 1. The highest BCUT2D eigenvalue weighted by molar-refractivity contribution is 5.94. The number of aromatic nitrogens is 3. The predicted octanol–water partition coefficient (Wildman–Crippen LogP) is 2.87. The number of piperidine rings is 1. The number of carbonyl (C=O) groups excluding carboxylic acids is 1. The second-order valence-corrected chi connectivity index (χ2v) is 7.08. The van der Waals surface area contributed by atoms with Crippen molar-refractivity contribution >= 4 is 5.91 Å². The summed E-state index contributed by atoms with van der Waals surface area (Å²) in [6, 6.07) is 11.6. The Kier molecular flexibility index (Phi) is 5.43. The van der Waals surface area contributed by atoms with E-state index in [0.29, 0.717) is 23.2 Å². The molecule has 0 bridgehead atoms. The number of benzene rings is 1. The summed E-state index contributed by atoms with van der Waals surface area (Å²) in [5.41, 5.74) is 2.72. The van der Waals surface area contributed by atoms with Gasteiger partial charge in [0.05, 0.1) is 6.54 Å². The van der Waals surface area contributed by atoms with Crippen LogP contribution < -0.4 is 5.32 Å². The first kappa shape index (κ1) is 18.3. The molecular weight excluding hydrogens is 354 g/mol. The van der Waals surface area contributed by atoms with Gasteiger partial charge in [0.2, 0.25) is 11.7 Å². The Morgan fingerprint density at radius 1 is 1.29 bits per heavy atom. The van der Waals surface area contributed by atoms with E-state index in [1.807, 2.05) is 30.3 Å². The van der Waals surface area contributed by atoms with Crippen molar-refractivity contribution in [1.82, 2.24) is 25.3 Å². The van der Waals surface area contributed by atoms with Crippen LogP contribution in [0.2, 0.25) is 0 Å². The Bertz CT molecular complexity index is 935. The van der Waals surface area contributed by atoms with E-state index in [2.05, 4.69) is 26.5 Å². The lowest BCUT2D eigenvalue weighted by Crippen LogP contribution is -2.29. The van der Waals surface area contributed by atoms with E-state index in [9.17, 15) is 4.79 Å². The molecule has 7 nitrogen and oxygen atoms in total. The van der Waals surface area contributed by atoms with Crippen LogP contribution in [0.4, 0.5) is 0 Å². The van der Waals surface area contributed by atoms with E-state index < -0.39 is 0 Å². The van der Waals surface area contributed by atoms with Gasteiger partial charge in [-0.1, -0.05) is 17.3 Å². The number of amides is 1. The molecule has 0 aliphatic carbocycles. The molecule has 0 radical (unpaired) electrons. The zero-order valence-corrected chi connectivity index (χ0v) is 15.8. The molecule has 0 saturated carbocycles. The second-order valence-electron chi connectivity index (χ2n) is 7.08. The van der Waals surface area contributed by atoms with Crippen molar-refractivity contribution in [3.05, 3.63) is 65.8 Å². The van der Waals surface area contributed by atoms with Crippen LogP contribution in [-0.2, 0) is 6.54 Å². The monoisotopic (exact) mass is 377 g/mol. The van der Waals surface area contributed by atoms with Crippen LogP contribution in [0, 0.1) is 0 Å². The Balaban J connectivity index is 1.44. The number of pyridine rings is 1. The van der Waals surface area contributed by atoms with Crippen LogP contribution in [-0.4, -0.2) is 46.1 Å². The van der Waals surface area contributed by atoms with Gasteiger partial charge < -0.3 is 14.7 Å². The van der Waals surface area contributed by atoms with Gasteiger partial charge in [-0.2, -0.15) is 4.98 Å². The normalized spacial score (nSPS) is 16.7. The highest BCUT2D eigenvalue weighted by atomic mass is 16.5. The molecule has 1 aliphatic heterocycles. The molecule has 7 heteroatoms. The van der Waals surface area contributed by atoms with E-state index in [4.69, 9.17) is 4.52 Å². The molecule has 1 fully saturated rings. The van der Waals surface area contributed by atoms with Crippen molar-refractivity contribution in [2.45, 2.75) is 25.3 Å². The Hall–Kier alpha value is -3.06. The number of nitrogens with one attached hydrogen (secondary N) is 1. The summed E-state index contributed by atoms with van der Waals surface area (Å²) in [6.45, 7) is 2.29. The third-order valence-corrected chi connectivity index (χ3v) is 5.03. The van der Waals surface area contributed by atoms with Crippen molar-refractivity contribution in [2.24, 2.45) is 0 Å². The maximum Gasteiger partial charge on any atom is 0.254 e. The zero-order valence-electron chi connectivity index (χ0n) is 15.8. The van der Waals surface area contributed by atoms with Gasteiger partial charge in [0.1, 0.15) is 0 Å². The fourth-order valence-corrected chi connectivity index (χ4v) is 3.49. The van der Waals surface area contributed by atoms with Crippen LogP contribution in [0.15, 0.2) is 53.3 Å². The van der Waals surface area contributed by atoms with Gasteiger partial charge in [0.25, 0.3) is 5.91 Å². The lowest BCUT2D eigenvalue weighted by molar-refractivity contribution is 0.0769. The van der Waals surface area contributed by atoms with E-state index in [1.165, 1.54) is 12.0 Å². The van der Waals surface area contributed by atoms with E-state index in [1.54, 1.807) is 24.3 Å². The molecule has 4 rings (SSSR count). The molecule has 1 amide bonds. The molecule has 2 aromatic heterocycles. The molecule has 1 aromatic carbocycles. The number of rotatable bonds is 5. The molecule has 3 heterocycles. The third kappa shape index (κ3) is 4.09. The molecule has 0 unspecified atom stereocenters. The summed E-state index contributed by atoms with van der Waals surface area (Å²) in [4.78, 5) is 22.8. The largest absolute Gasteiger partial charge is 0.337 e. The lowest BCUT2D eigenvalue weighted by atomic mass is 9.90. The summed E-state index contributed by atoms with van der Waals surface area (Å²) in [5, 5.41) is 7.41. The summed E-state index contributed by atoms with van der Waals surface area (Å²) in [7, 11) is 1.74. The summed E-state index contributed by atoms with van der Waals surface area (Å²) >= 11 is 0. The highest BCUT2D eigenvalue weighted by Crippen LogP contribution is 2.24. The number of carbonyl (C=O) groups is 1. The summed E-state index contributed by atoms with van der Waals surface area (Å²) < 4.78 is 5.31. The summed E-state index contributed by atoms with van der Waals surface area (Å²) in [5.74, 6) is 1.29. The smallest absolute Gasteiger partial charge is 0.254 e. The molecule has 1 saturated heterocycles. The van der Waals surface area contributed by atoms with Crippen LogP contribution in [0.25, 0.3) is 11.4 Å². The van der Waals surface area contributed by atoms with Gasteiger partial charge >= 0.3 is 0 Å². The first-order chi connectivity index (χ1) is 13.7. The topological polar surface area (TPSA) is 84.2 Å². The van der Waals surface area contributed by atoms with Crippen molar-refractivity contribution in [3.8, 4) is 11.4 Å². The fraction of sp³-hybridized carbons (Fsp3) is 0.333. The average Bonchev–Trinajstić information content (AvgIpc) is 3.23. The minimum Gasteiger partial charge on any atom is -0.337 e. The zero-order chi connectivity index (χ0) is 19.3. The Labute approximate surface area is 163 Å². The van der Waals surface area contributed by atoms with E-state index >= 15 is 0 Å². The standard InChI is InChI=1S/C21H23N5O2/c1-26(14-19-24-20(25-28-19)15-7-10-22-11-8-15)21(27)17-5-2-4-16(12-17)18-6-3-9-23-13-18/h2,4-5,7-8,10-12,18,23H,3,6,9,13-14H2,1H3/t18-/m0/s1. The lowest BCUT2D eigenvalue weighted by Gasteiger charge is -2.24. The minimum atomic E-state index is -0.0609. The molecule has 0 spiro atoms. The van der Waals surface area contributed by atoms with Crippen LogP contribution in [0.5, 0.6) is 0 Å². The van der Waals surface area contributed by atoms with Crippen molar-refractivity contribution < 1.29 is 9.32 Å². The molecule has 1 aliphatic rings. The quantitative estimate of drug-likeness (QED) is 0.736. The Morgan fingerprint density at radius 2 is 2.14 bits per heavy atom. The first-order valence-corrected chi connectivity index (χ1v) is 9.50. The second kappa shape index (κ2) is 8.31. The number of hydrogen-bond acceptors (Lipinski definition) is 6. The molecular formula is C21H23N5O2. The SMILES string of the molecule is CN(Cc1nc(-c2ccncc2)no1)C(=O)c1cccc([C@H]2CCCNC2)c1. The molecule has 144 valence electrons. The van der Waals surface area contributed by atoms with Gasteiger partial charge in [-0.15, -0.1) is 0 Å². The van der Waals surface area contributed by atoms with E-state index in [0.717, 1.165) is 25.1 Å². The van der Waals surface area contributed by atoms with Crippen LogP contribution >= 0.6 is 0 Å². The maximum atomic E-state index is 12.9. The van der Waals surface area contributed by atoms with Gasteiger partial charge in [-0.25, -0.2) is 0 Å². The fourth-order valence-electron chi connectivity index (χ4n) is 3.49. The predicted molar refractivity (Wildman–Crippen MR) is 105 cm³/mol. The van der Waals surface area contributed by atoms with Gasteiger partial charge in [0.15, 0.2) is 0 Å². The first-order valence-electron chi connectivity index (χ1n) is 9.50.